The SMILES string of the molecule is CCCCOC(=O)N(CC(N)=O)N(Cc1ccc(-c2ccccc2CNCCCCC(C)=O)cc1)CC1CC1. The van der Waals surface area contributed by atoms with Crippen molar-refractivity contribution in [2.75, 3.05) is 26.2 Å². The average molecular weight is 537 g/mol. The van der Waals surface area contributed by atoms with E-state index in [4.69, 9.17) is 10.5 Å². The van der Waals surface area contributed by atoms with Gasteiger partial charge in [-0.2, -0.15) is 0 Å². The highest BCUT2D eigenvalue weighted by atomic mass is 16.6. The zero-order chi connectivity index (χ0) is 28.0. The lowest BCUT2D eigenvalue weighted by Gasteiger charge is -2.33. The largest absolute Gasteiger partial charge is 0.448 e. The van der Waals surface area contributed by atoms with Gasteiger partial charge in [0.05, 0.1) is 6.61 Å². The van der Waals surface area contributed by atoms with Crippen LogP contribution in [0.25, 0.3) is 11.1 Å². The van der Waals surface area contributed by atoms with Crippen LogP contribution in [0.15, 0.2) is 48.5 Å². The predicted molar refractivity (Wildman–Crippen MR) is 153 cm³/mol. The van der Waals surface area contributed by atoms with E-state index < -0.39 is 12.0 Å². The predicted octanol–water partition coefficient (Wildman–Crippen LogP) is 5.05. The van der Waals surface area contributed by atoms with E-state index in [-0.39, 0.29) is 12.3 Å². The molecule has 3 N–H and O–H groups in total. The quantitative estimate of drug-likeness (QED) is 0.204. The van der Waals surface area contributed by atoms with Crippen molar-refractivity contribution in [3.05, 3.63) is 59.7 Å². The fraction of sp³-hybridized carbons (Fsp3) is 0.516. The first-order chi connectivity index (χ1) is 18.9. The fourth-order valence-corrected chi connectivity index (χ4v) is 4.46. The smallest absolute Gasteiger partial charge is 0.424 e. The first-order valence-electron chi connectivity index (χ1n) is 14.2. The van der Waals surface area contributed by atoms with E-state index in [9.17, 15) is 14.4 Å². The highest BCUT2D eigenvalue weighted by molar-refractivity contribution is 5.80. The highest BCUT2D eigenvalue weighted by Gasteiger charge is 2.31. The molecule has 2 aromatic carbocycles. The van der Waals surface area contributed by atoms with Gasteiger partial charge in [0, 0.05) is 26.1 Å². The molecule has 0 spiro atoms. The fourth-order valence-electron chi connectivity index (χ4n) is 4.46. The standard InChI is InChI=1S/C31H44N4O4/c1-3-4-19-39-31(38)35(23-30(32)37)34(21-25-12-13-25)22-26-14-16-27(17-15-26)29-11-6-5-10-28(29)20-33-18-8-7-9-24(2)36/h5-6,10-11,14-17,25,33H,3-4,7-9,12-13,18-23H2,1-2H3,(H2,32,37). The molecule has 39 heavy (non-hydrogen) atoms. The van der Waals surface area contributed by atoms with Gasteiger partial charge in [0.1, 0.15) is 12.3 Å². The number of hydrogen-bond acceptors (Lipinski definition) is 6. The number of benzene rings is 2. The highest BCUT2D eigenvalue weighted by Crippen LogP contribution is 2.31. The molecular weight excluding hydrogens is 492 g/mol. The summed E-state index contributed by atoms with van der Waals surface area (Å²) in [6.07, 6.45) is 5.94. The van der Waals surface area contributed by atoms with Gasteiger partial charge < -0.3 is 20.6 Å². The molecule has 3 rings (SSSR count). The van der Waals surface area contributed by atoms with Crippen LogP contribution in [-0.4, -0.2) is 54.0 Å². The summed E-state index contributed by atoms with van der Waals surface area (Å²) in [7, 11) is 0. The molecule has 0 saturated heterocycles. The number of ketones is 1. The molecular formula is C31H44N4O4. The monoisotopic (exact) mass is 536 g/mol. The van der Waals surface area contributed by atoms with Crippen LogP contribution in [0.4, 0.5) is 4.79 Å². The van der Waals surface area contributed by atoms with Crippen LogP contribution in [-0.2, 0) is 27.4 Å². The number of nitrogens with two attached hydrogens (primary N) is 1. The number of nitrogens with one attached hydrogen (secondary N) is 1. The molecule has 1 fully saturated rings. The maximum Gasteiger partial charge on any atom is 0.424 e. The Labute approximate surface area is 232 Å². The third kappa shape index (κ3) is 10.8. The van der Waals surface area contributed by atoms with Crippen LogP contribution in [0.5, 0.6) is 0 Å². The van der Waals surface area contributed by atoms with Crippen molar-refractivity contribution in [2.24, 2.45) is 11.7 Å². The topological polar surface area (TPSA) is 105 Å². The van der Waals surface area contributed by atoms with E-state index in [1.54, 1.807) is 6.92 Å². The molecule has 8 nitrogen and oxygen atoms in total. The van der Waals surface area contributed by atoms with E-state index >= 15 is 0 Å². The Morgan fingerprint density at radius 1 is 1.03 bits per heavy atom. The van der Waals surface area contributed by atoms with Gasteiger partial charge in [-0.15, -0.1) is 0 Å². The number of unbranched alkanes of at least 4 members (excludes halogenated alkanes) is 2. The molecule has 2 aromatic rings. The lowest BCUT2D eigenvalue weighted by Crippen LogP contribution is -2.50. The Kier molecular flexibility index (Phi) is 12.4. The second kappa shape index (κ2) is 16.0. The summed E-state index contributed by atoms with van der Waals surface area (Å²) in [5.41, 5.74) is 10.0. The third-order valence-corrected chi connectivity index (χ3v) is 6.84. The van der Waals surface area contributed by atoms with Crippen molar-refractivity contribution in [3.8, 4) is 11.1 Å². The minimum atomic E-state index is -0.567. The zero-order valence-corrected chi connectivity index (χ0v) is 23.5. The molecule has 1 saturated carbocycles. The van der Waals surface area contributed by atoms with Crippen LogP contribution in [0.2, 0.25) is 0 Å². The second-order valence-corrected chi connectivity index (χ2v) is 10.5. The molecule has 0 atom stereocenters. The number of carbonyl (C=O) groups is 3. The van der Waals surface area contributed by atoms with Crippen molar-refractivity contribution >= 4 is 17.8 Å². The minimum Gasteiger partial charge on any atom is -0.448 e. The van der Waals surface area contributed by atoms with Gasteiger partial charge in [-0.1, -0.05) is 61.9 Å². The molecule has 0 unspecified atom stereocenters. The summed E-state index contributed by atoms with van der Waals surface area (Å²) >= 11 is 0. The molecule has 0 bridgehead atoms. The van der Waals surface area contributed by atoms with Gasteiger partial charge in [-0.25, -0.2) is 14.8 Å². The summed E-state index contributed by atoms with van der Waals surface area (Å²) in [5.74, 6) is 0.180. The number of carbonyl (C=O) groups excluding carboxylic acids is 3. The lowest BCUT2D eigenvalue weighted by molar-refractivity contribution is -0.124. The van der Waals surface area contributed by atoms with Gasteiger partial charge >= 0.3 is 6.09 Å². The molecule has 0 heterocycles. The third-order valence-electron chi connectivity index (χ3n) is 6.84. The average Bonchev–Trinajstić information content (AvgIpc) is 3.73. The molecule has 212 valence electrons. The molecule has 0 aromatic heterocycles. The summed E-state index contributed by atoms with van der Waals surface area (Å²) in [6, 6.07) is 16.7. The van der Waals surface area contributed by atoms with E-state index in [0.29, 0.717) is 32.0 Å². The van der Waals surface area contributed by atoms with Crippen molar-refractivity contribution < 1.29 is 19.1 Å². The summed E-state index contributed by atoms with van der Waals surface area (Å²) < 4.78 is 5.44. The van der Waals surface area contributed by atoms with Gasteiger partial charge in [-0.3, -0.25) is 4.79 Å². The lowest BCUT2D eigenvalue weighted by atomic mass is 9.98. The van der Waals surface area contributed by atoms with E-state index in [1.807, 2.05) is 24.1 Å². The summed E-state index contributed by atoms with van der Waals surface area (Å²) in [5, 5.41) is 6.79. The van der Waals surface area contributed by atoms with Crippen molar-refractivity contribution in [2.45, 2.75) is 71.9 Å². The van der Waals surface area contributed by atoms with Crippen molar-refractivity contribution in [3.63, 3.8) is 0 Å². The number of amides is 2. The van der Waals surface area contributed by atoms with Crippen LogP contribution < -0.4 is 11.1 Å². The first kappa shape index (κ1) is 30.3. The van der Waals surface area contributed by atoms with Crippen molar-refractivity contribution in [1.29, 1.82) is 0 Å². The van der Waals surface area contributed by atoms with Gasteiger partial charge in [0.2, 0.25) is 5.91 Å². The number of rotatable bonds is 18. The van der Waals surface area contributed by atoms with Crippen LogP contribution >= 0.6 is 0 Å². The van der Waals surface area contributed by atoms with Crippen LogP contribution in [0, 0.1) is 5.92 Å². The number of primary amides is 1. The van der Waals surface area contributed by atoms with Gasteiger partial charge in [-0.05, 0) is 73.7 Å². The molecule has 0 aliphatic heterocycles. The Morgan fingerprint density at radius 3 is 2.44 bits per heavy atom. The molecule has 8 heteroatoms. The Hall–Kier alpha value is -3.23. The number of nitrogens with zero attached hydrogens (tertiary/aromatic N) is 2. The van der Waals surface area contributed by atoms with Crippen LogP contribution in [0.1, 0.15) is 69.9 Å². The maximum absolute atomic E-state index is 12.9. The Balaban J connectivity index is 1.67. The van der Waals surface area contributed by atoms with Gasteiger partial charge in [0.15, 0.2) is 0 Å². The molecule has 1 aliphatic rings. The van der Waals surface area contributed by atoms with Gasteiger partial charge in [0.25, 0.3) is 0 Å². The van der Waals surface area contributed by atoms with E-state index in [1.165, 1.54) is 16.1 Å². The molecule has 1 aliphatic carbocycles. The maximum atomic E-state index is 12.9. The number of ether oxygens (including phenoxy) is 1. The number of Topliss-reactive ketones (excluding diaryl/α,β-unsaturated/α-hetero) is 1. The Bertz CT molecular complexity index is 1070. The first-order valence-corrected chi connectivity index (χ1v) is 14.2. The minimum absolute atomic E-state index is 0.203. The van der Waals surface area contributed by atoms with Crippen molar-refractivity contribution in [1.82, 2.24) is 15.3 Å². The number of hydrazine groups is 1. The summed E-state index contributed by atoms with van der Waals surface area (Å²) in [4.78, 5) is 35.8. The Morgan fingerprint density at radius 2 is 1.77 bits per heavy atom. The molecule has 2 amide bonds. The van der Waals surface area contributed by atoms with E-state index in [2.05, 4.69) is 41.7 Å². The summed E-state index contributed by atoms with van der Waals surface area (Å²) in [6.45, 7) is 6.59. The molecule has 0 radical (unpaired) electrons. The second-order valence-electron chi connectivity index (χ2n) is 10.5. The van der Waals surface area contributed by atoms with E-state index in [0.717, 1.165) is 62.7 Å². The normalized spacial score (nSPS) is 12.9. The number of hydrogen-bond donors (Lipinski definition) is 2. The zero-order valence-electron chi connectivity index (χ0n) is 23.5. The van der Waals surface area contributed by atoms with Crippen LogP contribution in [0.3, 0.4) is 0 Å².